The monoisotopic (exact) mass is 248 g/mol. The molecule has 15 heavy (non-hydrogen) atoms. The molecule has 0 radical (unpaired) electrons. The van der Waals surface area contributed by atoms with Gasteiger partial charge in [-0.15, -0.1) is 23.7 Å². The van der Waals surface area contributed by atoms with Gasteiger partial charge >= 0.3 is 5.97 Å². The fourth-order valence-electron chi connectivity index (χ4n) is 1.68. The van der Waals surface area contributed by atoms with Crippen molar-refractivity contribution < 1.29 is 9.53 Å². The number of thiazole rings is 1. The molecule has 2 heterocycles. The van der Waals surface area contributed by atoms with E-state index in [9.17, 15) is 4.79 Å². The molecule has 0 spiro atoms. The van der Waals surface area contributed by atoms with Crippen LogP contribution in [-0.2, 0) is 9.53 Å². The first-order valence-electron chi connectivity index (χ1n) is 4.52. The molecular formula is C9H13ClN2O2S. The maximum Gasteiger partial charge on any atom is 0.322 e. The lowest BCUT2D eigenvalue weighted by molar-refractivity contribution is -0.142. The first-order chi connectivity index (χ1) is 6.81. The van der Waals surface area contributed by atoms with E-state index in [4.69, 9.17) is 0 Å². The number of esters is 1. The predicted octanol–water partition coefficient (Wildman–Crippen LogP) is 1.18. The van der Waals surface area contributed by atoms with Gasteiger partial charge in [0.05, 0.1) is 12.1 Å². The molecule has 0 amide bonds. The van der Waals surface area contributed by atoms with Crippen LogP contribution in [-0.4, -0.2) is 30.6 Å². The zero-order chi connectivity index (χ0) is 9.97. The van der Waals surface area contributed by atoms with Gasteiger partial charge in [0.2, 0.25) is 0 Å². The standard InChI is InChI=1S/C9H12N2O2S.ClH/c1-13-9(12)7-4-6(5-11-7)8-10-2-3-14-8;/h2-3,6-7,11H,4-5H2,1H3;1H/t6-,7-;/m0./s1. The third-order valence-electron chi connectivity index (χ3n) is 2.42. The molecule has 1 N–H and O–H groups in total. The van der Waals surface area contributed by atoms with Crippen LogP contribution in [0.2, 0.25) is 0 Å². The molecule has 2 atom stereocenters. The zero-order valence-corrected chi connectivity index (χ0v) is 9.94. The maximum atomic E-state index is 11.2. The van der Waals surface area contributed by atoms with E-state index in [0.29, 0.717) is 5.92 Å². The highest BCUT2D eigenvalue weighted by Crippen LogP contribution is 2.27. The van der Waals surface area contributed by atoms with Gasteiger partial charge < -0.3 is 10.1 Å². The van der Waals surface area contributed by atoms with Gasteiger partial charge in [-0.05, 0) is 6.42 Å². The lowest BCUT2D eigenvalue weighted by Crippen LogP contribution is -2.31. The van der Waals surface area contributed by atoms with Crippen molar-refractivity contribution in [2.24, 2.45) is 0 Å². The fraction of sp³-hybridized carbons (Fsp3) is 0.556. The molecule has 84 valence electrons. The van der Waals surface area contributed by atoms with Gasteiger partial charge in [-0.3, -0.25) is 4.79 Å². The summed E-state index contributed by atoms with van der Waals surface area (Å²) in [7, 11) is 1.42. The molecule has 1 aliphatic rings. The number of carbonyl (C=O) groups is 1. The summed E-state index contributed by atoms with van der Waals surface area (Å²) >= 11 is 1.64. The summed E-state index contributed by atoms with van der Waals surface area (Å²) < 4.78 is 4.68. The Morgan fingerprint density at radius 3 is 3.13 bits per heavy atom. The lowest BCUT2D eigenvalue weighted by Gasteiger charge is -2.06. The Morgan fingerprint density at radius 2 is 2.53 bits per heavy atom. The molecule has 1 aromatic heterocycles. The number of nitrogens with zero attached hydrogens (tertiary/aromatic N) is 1. The number of hydrogen-bond donors (Lipinski definition) is 1. The highest BCUT2D eigenvalue weighted by Gasteiger charge is 2.31. The Morgan fingerprint density at radius 1 is 1.73 bits per heavy atom. The van der Waals surface area contributed by atoms with Gasteiger partial charge in [-0.1, -0.05) is 0 Å². The van der Waals surface area contributed by atoms with Crippen LogP contribution in [0, 0.1) is 0 Å². The Hall–Kier alpha value is -0.650. The fourth-order valence-corrected chi connectivity index (χ4v) is 2.44. The molecule has 0 aliphatic carbocycles. The number of nitrogens with one attached hydrogen (secondary N) is 1. The van der Waals surface area contributed by atoms with Gasteiger partial charge in [-0.2, -0.15) is 0 Å². The van der Waals surface area contributed by atoms with Gasteiger partial charge in [0.1, 0.15) is 6.04 Å². The number of methoxy groups -OCH3 is 1. The van der Waals surface area contributed by atoms with Gasteiger partial charge in [0, 0.05) is 24.0 Å². The minimum Gasteiger partial charge on any atom is -0.468 e. The second-order valence-electron chi connectivity index (χ2n) is 3.29. The van der Waals surface area contributed by atoms with Crippen LogP contribution in [0.3, 0.4) is 0 Å². The topological polar surface area (TPSA) is 51.2 Å². The van der Waals surface area contributed by atoms with E-state index in [2.05, 4.69) is 15.0 Å². The summed E-state index contributed by atoms with van der Waals surface area (Å²) in [6.45, 7) is 0.813. The summed E-state index contributed by atoms with van der Waals surface area (Å²) in [6.07, 6.45) is 2.59. The third kappa shape index (κ3) is 2.68. The van der Waals surface area contributed by atoms with Crippen molar-refractivity contribution >= 4 is 29.7 Å². The Kier molecular flexibility index (Phi) is 4.50. The Balaban J connectivity index is 0.00000112. The van der Waals surface area contributed by atoms with Crippen LogP contribution in [0.5, 0.6) is 0 Å². The number of aromatic nitrogens is 1. The second-order valence-corrected chi connectivity index (χ2v) is 4.21. The zero-order valence-electron chi connectivity index (χ0n) is 8.30. The Bertz CT molecular complexity index is 318. The largest absolute Gasteiger partial charge is 0.468 e. The van der Waals surface area contributed by atoms with Crippen LogP contribution < -0.4 is 5.32 Å². The van der Waals surface area contributed by atoms with Crippen molar-refractivity contribution in [3.05, 3.63) is 16.6 Å². The second kappa shape index (κ2) is 5.44. The summed E-state index contributed by atoms with van der Waals surface area (Å²) in [5.41, 5.74) is 0. The van der Waals surface area contributed by atoms with Gasteiger partial charge in [-0.25, -0.2) is 4.98 Å². The number of halogens is 1. The SMILES string of the molecule is COC(=O)[C@@H]1C[C@H](c2nccs2)CN1.Cl. The summed E-state index contributed by atoms with van der Waals surface area (Å²) in [5.74, 6) is 0.183. The maximum absolute atomic E-state index is 11.2. The third-order valence-corrected chi connectivity index (χ3v) is 3.36. The molecule has 6 heteroatoms. The van der Waals surface area contributed by atoms with E-state index in [1.807, 2.05) is 5.38 Å². The van der Waals surface area contributed by atoms with E-state index >= 15 is 0 Å². The average Bonchev–Trinajstić information content (AvgIpc) is 2.86. The number of rotatable bonds is 2. The van der Waals surface area contributed by atoms with E-state index in [1.54, 1.807) is 17.5 Å². The molecule has 1 fully saturated rings. The van der Waals surface area contributed by atoms with Crippen LogP contribution in [0.15, 0.2) is 11.6 Å². The quantitative estimate of drug-likeness (QED) is 0.799. The van der Waals surface area contributed by atoms with Crippen LogP contribution in [0.25, 0.3) is 0 Å². The van der Waals surface area contributed by atoms with E-state index in [-0.39, 0.29) is 24.4 Å². The molecule has 0 saturated carbocycles. The van der Waals surface area contributed by atoms with Crippen molar-refractivity contribution in [1.29, 1.82) is 0 Å². The first kappa shape index (κ1) is 12.4. The highest BCUT2D eigenvalue weighted by molar-refractivity contribution is 7.09. The van der Waals surface area contributed by atoms with Crippen LogP contribution in [0.4, 0.5) is 0 Å². The van der Waals surface area contributed by atoms with Crippen molar-refractivity contribution in [2.75, 3.05) is 13.7 Å². The minimum absolute atomic E-state index is 0. The number of ether oxygens (including phenoxy) is 1. The smallest absolute Gasteiger partial charge is 0.322 e. The van der Waals surface area contributed by atoms with Crippen LogP contribution in [0.1, 0.15) is 17.3 Å². The van der Waals surface area contributed by atoms with E-state index in [0.717, 1.165) is 18.0 Å². The molecule has 0 bridgehead atoms. The summed E-state index contributed by atoms with van der Waals surface area (Å²) in [4.78, 5) is 15.5. The number of carbonyl (C=O) groups excluding carboxylic acids is 1. The van der Waals surface area contributed by atoms with Crippen LogP contribution >= 0.6 is 23.7 Å². The number of hydrogen-bond acceptors (Lipinski definition) is 5. The van der Waals surface area contributed by atoms with Gasteiger partial charge in [0.25, 0.3) is 0 Å². The van der Waals surface area contributed by atoms with Crippen molar-refractivity contribution in [1.82, 2.24) is 10.3 Å². The van der Waals surface area contributed by atoms with E-state index < -0.39 is 0 Å². The molecule has 1 saturated heterocycles. The summed E-state index contributed by atoms with van der Waals surface area (Å²) in [6, 6.07) is -0.158. The molecule has 0 unspecified atom stereocenters. The van der Waals surface area contributed by atoms with Crippen molar-refractivity contribution in [2.45, 2.75) is 18.4 Å². The van der Waals surface area contributed by atoms with Gasteiger partial charge in [0.15, 0.2) is 0 Å². The Labute approximate surface area is 98.5 Å². The molecular weight excluding hydrogens is 236 g/mol. The first-order valence-corrected chi connectivity index (χ1v) is 5.40. The highest BCUT2D eigenvalue weighted by atomic mass is 35.5. The molecule has 4 nitrogen and oxygen atoms in total. The predicted molar refractivity (Wildman–Crippen MR) is 60.5 cm³/mol. The normalized spacial score (nSPS) is 24.6. The average molecular weight is 249 g/mol. The van der Waals surface area contributed by atoms with Crippen molar-refractivity contribution in [3.8, 4) is 0 Å². The molecule has 1 aliphatic heterocycles. The minimum atomic E-state index is -0.177. The molecule has 2 rings (SSSR count). The van der Waals surface area contributed by atoms with Crippen molar-refractivity contribution in [3.63, 3.8) is 0 Å². The summed E-state index contributed by atoms with van der Waals surface area (Å²) in [5, 5.41) is 6.20. The molecule has 0 aromatic carbocycles. The van der Waals surface area contributed by atoms with E-state index in [1.165, 1.54) is 7.11 Å². The lowest BCUT2D eigenvalue weighted by atomic mass is 10.1. The molecule has 1 aromatic rings.